The Labute approximate surface area is 167 Å². The van der Waals surface area contributed by atoms with Crippen molar-refractivity contribution in [1.82, 2.24) is 5.32 Å². The molecule has 0 fully saturated rings. The number of carbonyl (C=O) groups excluding carboxylic acids is 1. The van der Waals surface area contributed by atoms with Crippen molar-refractivity contribution in [3.63, 3.8) is 0 Å². The van der Waals surface area contributed by atoms with Gasteiger partial charge in [0.25, 0.3) is 5.91 Å². The third-order valence-corrected chi connectivity index (χ3v) is 5.06. The third kappa shape index (κ3) is 4.53. The molecule has 1 amide bonds. The molecule has 0 bridgehead atoms. The van der Waals surface area contributed by atoms with E-state index in [0.29, 0.717) is 0 Å². The van der Waals surface area contributed by atoms with Gasteiger partial charge in [-0.05, 0) is 41.8 Å². The van der Waals surface area contributed by atoms with Gasteiger partial charge in [-0.3, -0.25) is 4.79 Å². The zero-order chi connectivity index (χ0) is 20.3. The molecule has 0 unspecified atom stereocenters. The van der Waals surface area contributed by atoms with Gasteiger partial charge in [-0.25, -0.2) is 0 Å². The van der Waals surface area contributed by atoms with Gasteiger partial charge in [-0.2, -0.15) is 0 Å². The number of carbonyl (C=O) groups is 1. The minimum atomic E-state index is -0.581. The van der Waals surface area contributed by atoms with E-state index < -0.39 is 6.10 Å². The van der Waals surface area contributed by atoms with E-state index in [4.69, 9.17) is 4.74 Å². The molecule has 28 heavy (non-hydrogen) atoms. The second-order valence-electron chi connectivity index (χ2n) is 8.34. The number of amides is 1. The van der Waals surface area contributed by atoms with Gasteiger partial charge in [0.2, 0.25) is 0 Å². The first kappa shape index (κ1) is 19.9. The highest BCUT2D eigenvalue weighted by Gasteiger charge is 2.19. The SMILES string of the molecule is C[C@@H](Oc1cccc2ccccc12)C(=O)N[C@H](C)c1ccc(C(C)(C)C)cc1. The fraction of sp³-hybridized carbons (Fsp3) is 0.320. The van der Waals surface area contributed by atoms with Crippen LogP contribution in [0.15, 0.2) is 66.7 Å². The van der Waals surface area contributed by atoms with Crippen molar-refractivity contribution in [1.29, 1.82) is 0 Å². The Bertz CT molecular complexity index is 949. The molecule has 1 N–H and O–H groups in total. The molecule has 0 saturated carbocycles. The molecule has 0 aliphatic rings. The minimum absolute atomic E-state index is 0.0833. The zero-order valence-electron chi connectivity index (χ0n) is 17.3. The maximum absolute atomic E-state index is 12.7. The number of hydrogen-bond donors (Lipinski definition) is 1. The molecule has 0 aromatic heterocycles. The molecule has 3 aromatic rings. The van der Waals surface area contributed by atoms with Gasteiger partial charge in [0.15, 0.2) is 6.10 Å². The predicted octanol–water partition coefficient (Wildman–Crippen LogP) is 5.78. The summed E-state index contributed by atoms with van der Waals surface area (Å²) in [6.45, 7) is 10.4. The fourth-order valence-corrected chi connectivity index (χ4v) is 3.23. The normalized spacial score (nSPS) is 13.8. The summed E-state index contributed by atoms with van der Waals surface area (Å²) in [7, 11) is 0. The average Bonchev–Trinajstić information content (AvgIpc) is 2.67. The van der Waals surface area contributed by atoms with Crippen molar-refractivity contribution in [2.75, 3.05) is 0 Å². The Morgan fingerprint density at radius 3 is 2.21 bits per heavy atom. The maximum atomic E-state index is 12.7. The summed E-state index contributed by atoms with van der Waals surface area (Å²) in [5.74, 6) is 0.600. The summed E-state index contributed by atoms with van der Waals surface area (Å²) in [4.78, 5) is 12.7. The van der Waals surface area contributed by atoms with Gasteiger partial charge in [0.1, 0.15) is 5.75 Å². The van der Waals surface area contributed by atoms with E-state index in [1.54, 1.807) is 6.92 Å². The van der Waals surface area contributed by atoms with Gasteiger partial charge < -0.3 is 10.1 Å². The highest BCUT2D eigenvalue weighted by Crippen LogP contribution is 2.27. The van der Waals surface area contributed by atoms with E-state index in [0.717, 1.165) is 22.1 Å². The van der Waals surface area contributed by atoms with Gasteiger partial charge in [0.05, 0.1) is 6.04 Å². The largest absolute Gasteiger partial charge is 0.480 e. The second kappa shape index (κ2) is 8.05. The lowest BCUT2D eigenvalue weighted by Crippen LogP contribution is -2.37. The number of fused-ring (bicyclic) bond motifs is 1. The number of benzene rings is 3. The Morgan fingerprint density at radius 2 is 1.54 bits per heavy atom. The van der Waals surface area contributed by atoms with Crippen LogP contribution in [0.4, 0.5) is 0 Å². The third-order valence-electron chi connectivity index (χ3n) is 5.06. The molecule has 3 nitrogen and oxygen atoms in total. The van der Waals surface area contributed by atoms with Crippen molar-refractivity contribution in [3.05, 3.63) is 77.9 Å². The second-order valence-corrected chi connectivity index (χ2v) is 8.34. The van der Waals surface area contributed by atoms with Crippen LogP contribution in [-0.2, 0) is 10.2 Å². The van der Waals surface area contributed by atoms with Gasteiger partial charge in [-0.15, -0.1) is 0 Å². The molecule has 0 spiro atoms. The summed E-state index contributed by atoms with van der Waals surface area (Å²) in [5, 5.41) is 5.17. The van der Waals surface area contributed by atoms with Crippen molar-refractivity contribution in [2.24, 2.45) is 0 Å². The van der Waals surface area contributed by atoms with E-state index in [-0.39, 0.29) is 17.4 Å². The molecule has 2 atom stereocenters. The molecule has 0 aliphatic heterocycles. The molecule has 3 heteroatoms. The Balaban J connectivity index is 1.66. The van der Waals surface area contributed by atoms with Crippen molar-refractivity contribution in [3.8, 4) is 5.75 Å². The Morgan fingerprint density at radius 1 is 0.893 bits per heavy atom. The van der Waals surface area contributed by atoms with Crippen LogP contribution in [0, 0.1) is 0 Å². The summed E-state index contributed by atoms with van der Waals surface area (Å²) >= 11 is 0. The van der Waals surface area contributed by atoms with E-state index in [1.807, 2.05) is 49.4 Å². The van der Waals surface area contributed by atoms with Gasteiger partial charge >= 0.3 is 0 Å². The van der Waals surface area contributed by atoms with Gasteiger partial charge in [0, 0.05) is 5.39 Å². The first-order valence-electron chi connectivity index (χ1n) is 9.81. The summed E-state index contributed by atoms with van der Waals surface area (Å²) in [6, 6.07) is 22.3. The number of nitrogens with one attached hydrogen (secondary N) is 1. The maximum Gasteiger partial charge on any atom is 0.261 e. The average molecular weight is 376 g/mol. The topological polar surface area (TPSA) is 38.3 Å². The van der Waals surface area contributed by atoms with E-state index in [9.17, 15) is 4.79 Å². The molecule has 0 radical (unpaired) electrons. The van der Waals surface area contributed by atoms with E-state index in [2.05, 4.69) is 50.4 Å². The molecule has 146 valence electrons. The standard InChI is InChI=1S/C25H29NO2/c1-17(19-13-15-21(16-14-19)25(3,4)5)26-24(27)18(2)28-23-12-8-10-20-9-6-7-11-22(20)23/h6-18H,1-5H3,(H,26,27)/t17-,18-/m1/s1. The minimum Gasteiger partial charge on any atom is -0.480 e. The summed E-state index contributed by atoms with van der Waals surface area (Å²) < 4.78 is 5.98. The predicted molar refractivity (Wildman–Crippen MR) is 116 cm³/mol. The van der Waals surface area contributed by atoms with Crippen LogP contribution < -0.4 is 10.1 Å². The van der Waals surface area contributed by atoms with Crippen LogP contribution in [0.5, 0.6) is 5.75 Å². The lowest BCUT2D eigenvalue weighted by molar-refractivity contribution is -0.127. The van der Waals surface area contributed by atoms with Crippen molar-refractivity contribution < 1.29 is 9.53 Å². The molecular weight excluding hydrogens is 346 g/mol. The first-order valence-corrected chi connectivity index (χ1v) is 9.81. The van der Waals surface area contributed by atoms with Crippen LogP contribution >= 0.6 is 0 Å². The molecule has 0 saturated heterocycles. The molecule has 3 rings (SSSR count). The molecular formula is C25H29NO2. The van der Waals surface area contributed by atoms with Crippen LogP contribution in [0.25, 0.3) is 10.8 Å². The quantitative estimate of drug-likeness (QED) is 0.614. The Hall–Kier alpha value is -2.81. The number of ether oxygens (including phenoxy) is 1. The summed E-state index contributed by atoms with van der Waals surface area (Å²) in [5.41, 5.74) is 2.48. The van der Waals surface area contributed by atoms with Crippen LogP contribution in [0.2, 0.25) is 0 Å². The molecule has 0 heterocycles. The van der Waals surface area contributed by atoms with E-state index in [1.165, 1.54) is 5.56 Å². The van der Waals surface area contributed by atoms with Crippen LogP contribution in [0.1, 0.15) is 51.8 Å². The van der Waals surface area contributed by atoms with Crippen molar-refractivity contribution >= 4 is 16.7 Å². The monoisotopic (exact) mass is 375 g/mol. The van der Waals surface area contributed by atoms with Crippen LogP contribution in [0.3, 0.4) is 0 Å². The fourth-order valence-electron chi connectivity index (χ4n) is 3.23. The highest BCUT2D eigenvalue weighted by molar-refractivity contribution is 5.89. The lowest BCUT2D eigenvalue weighted by Gasteiger charge is -2.22. The van der Waals surface area contributed by atoms with Crippen LogP contribution in [-0.4, -0.2) is 12.0 Å². The first-order chi connectivity index (χ1) is 13.3. The zero-order valence-corrected chi connectivity index (χ0v) is 17.3. The van der Waals surface area contributed by atoms with Crippen molar-refractivity contribution in [2.45, 2.75) is 52.2 Å². The highest BCUT2D eigenvalue weighted by atomic mass is 16.5. The Kier molecular flexibility index (Phi) is 5.73. The van der Waals surface area contributed by atoms with E-state index >= 15 is 0 Å². The molecule has 0 aliphatic carbocycles. The smallest absolute Gasteiger partial charge is 0.261 e. The van der Waals surface area contributed by atoms with Gasteiger partial charge in [-0.1, -0.05) is 81.4 Å². The lowest BCUT2D eigenvalue weighted by atomic mass is 9.86. The summed E-state index contributed by atoms with van der Waals surface area (Å²) in [6.07, 6.45) is -0.581. The number of rotatable bonds is 5. The molecule has 3 aromatic carbocycles. The number of hydrogen-bond acceptors (Lipinski definition) is 2.